The minimum atomic E-state index is -0.325. The molecule has 0 amide bonds. The third-order valence-electron chi connectivity index (χ3n) is 3.77. The Hall–Kier alpha value is -0.600. The van der Waals surface area contributed by atoms with Crippen LogP contribution in [0.25, 0.3) is 0 Å². The van der Waals surface area contributed by atoms with Crippen molar-refractivity contribution < 1.29 is 4.39 Å². The van der Waals surface area contributed by atoms with E-state index in [1.807, 2.05) is 6.07 Å². The zero-order valence-corrected chi connectivity index (χ0v) is 10.2. The molecule has 2 N–H and O–H groups in total. The first kappa shape index (κ1) is 11.9. The Kier molecular flexibility index (Phi) is 3.50. The van der Waals surface area contributed by atoms with E-state index < -0.39 is 0 Å². The Morgan fingerprint density at radius 3 is 2.75 bits per heavy atom. The summed E-state index contributed by atoms with van der Waals surface area (Å²) in [5.74, 6) is 0.781. The van der Waals surface area contributed by atoms with Crippen molar-refractivity contribution in [3.8, 4) is 0 Å². The fraction of sp³-hybridized carbons (Fsp3) is 0.538. The van der Waals surface area contributed by atoms with Crippen LogP contribution in [0.3, 0.4) is 0 Å². The number of halogens is 2. The van der Waals surface area contributed by atoms with Crippen LogP contribution in [0.2, 0.25) is 5.02 Å². The van der Waals surface area contributed by atoms with Crippen LogP contribution in [0.5, 0.6) is 0 Å². The number of hydrogen-bond acceptors (Lipinski definition) is 1. The maximum Gasteiger partial charge on any atom is 0.142 e. The second kappa shape index (κ2) is 4.72. The van der Waals surface area contributed by atoms with E-state index in [2.05, 4.69) is 6.92 Å². The molecule has 88 valence electrons. The number of nitrogens with two attached hydrogens (primary N) is 1. The summed E-state index contributed by atoms with van der Waals surface area (Å²) in [6.07, 6.45) is 3.14. The molecule has 0 heterocycles. The predicted molar refractivity (Wildman–Crippen MR) is 65.0 cm³/mol. The molecule has 0 aromatic heterocycles. The summed E-state index contributed by atoms with van der Waals surface area (Å²) in [7, 11) is 0. The largest absolute Gasteiger partial charge is 0.327 e. The molecule has 2 rings (SSSR count). The molecule has 3 atom stereocenters. The fourth-order valence-electron chi connectivity index (χ4n) is 2.54. The Morgan fingerprint density at radius 1 is 1.44 bits per heavy atom. The van der Waals surface area contributed by atoms with Gasteiger partial charge in [-0.05, 0) is 48.8 Å². The highest BCUT2D eigenvalue weighted by molar-refractivity contribution is 6.30. The van der Waals surface area contributed by atoms with E-state index in [0.717, 1.165) is 24.8 Å². The smallest absolute Gasteiger partial charge is 0.142 e. The van der Waals surface area contributed by atoms with Crippen LogP contribution in [0.1, 0.15) is 25.3 Å². The van der Waals surface area contributed by atoms with E-state index in [9.17, 15) is 4.39 Å². The highest BCUT2D eigenvalue weighted by Gasteiger charge is 2.30. The lowest BCUT2D eigenvalue weighted by Crippen LogP contribution is -2.25. The first-order valence-electron chi connectivity index (χ1n) is 5.77. The molecule has 1 aliphatic rings. The maximum absolute atomic E-state index is 13.3. The van der Waals surface area contributed by atoms with Crippen molar-refractivity contribution in [3.63, 3.8) is 0 Å². The van der Waals surface area contributed by atoms with Gasteiger partial charge in [-0.2, -0.15) is 0 Å². The SMILES string of the molecule is CC1C(N)CCC1Cc1ccc(Cl)c(F)c1. The van der Waals surface area contributed by atoms with Gasteiger partial charge in [-0.25, -0.2) is 4.39 Å². The molecule has 1 nitrogen and oxygen atoms in total. The van der Waals surface area contributed by atoms with Crippen LogP contribution >= 0.6 is 11.6 Å². The van der Waals surface area contributed by atoms with Crippen LogP contribution in [0.15, 0.2) is 18.2 Å². The van der Waals surface area contributed by atoms with Crippen molar-refractivity contribution in [1.82, 2.24) is 0 Å². The Labute approximate surface area is 101 Å². The molecule has 0 aliphatic heterocycles. The van der Waals surface area contributed by atoms with Crippen molar-refractivity contribution in [2.24, 2.45) is 17.6 Å². The van der Waals surface area contributed by atoms with E-state index in [0.29, 0.717) is 17.9 Å². The lowest BCUT2D eigenvalue weighted by atomic mass is 9.90. The van der Waals surface area contributed by atoms with Crippen LogP contribution in [0.4, 0.5) is 4.39 Å². The molecule has 16 heavy (non-hydrogen) atoms. The lowest BCUT2D eigenvalue weighted by Gasteiger charge is -2.18. The molecule has 3 unspecified atom stereocenters. The van der Waals surface area contributed by atoms with Gasteiger partial charge in [0.1, 0.15) is 5.82 Å². The first-order valence-corrected chi connectivity index (χ1v) is 6.15. The molecule has 1 saturated carbocycles. The summed E-state index contributed by atoms with van der Waals surface area (Å²) in [6, 6.07) is 5.38. The monoisotopic (exact) mass is 241 g/mol. The van der Waals surface area contributed by atoms with Gasteiger partial charge in [0.25, 0.3) is 0 Å². The molecule has 0 radical (unpaired) electrons. The normalized spacial score (nSPS) is 29.6. The van der Waals surface area contributed by atoms with Gasteiger partial charge in [0.05, 0.1) is 5.02 Å². The van der Waals surface area contributed by atoms with E-state index >= 15 is 0 Å². The van der Waals surface area contributed by atoms with E-state index in [1.165, 1.54) is 0 Å². The van der Waals surface area contributed by atoms with Gasteiger partial charge >= 0.3 is 0 Å². The van der Waals surface area contributed by atoms with E-state index in [1.54, 1.807) is 12.1 Å². The van der Waals surface area contributed by atoms with Crippen LogP contribution < -0.4 is 5.73 Å². The third kappa shape index (κ3) is 2.38. The minimum absolute atomic E-state index is 0.194. The lowest BCUT2D eigenvalue weighted by molar-refractivity contribution is 0.390. The minimum Gasteiger partial charge on any atom is -0.327 e. The van der Waals surface area contributed by atoms with Gasteiger partial charge in [0.15, 0.2) is 0 Å². The van der Waals surface area contributed by atoms with E-state index in [-0.39, 0.29) is 10.8 Å². The molecule has 0 saturated heterocycles. The van der Waals surface area contributed by atoms with Crippen molar-refractivity contribution in [1.29, 1.82) is 0 Å². The van der Waals surface area contributed by atoms with Crippen LogP contribution in [-0.4, -0.2) is 6.04 Å². The maximum atomic E-state index is 13.3. The summed E-state index contributed by atoms with van der Waals surface area (Å²) >= 11 is 5.65. The first-order chi connectivity index (χ1) is 7.58. The molecule has 3 heteroatoms. The van der Waals surface area contributed by atoms with Gasteiger partial charge in [-0.1, -0.05) is 24.6 Å². The Bertz CT molecular complexity index is 380. The summed E-state index contributed by atoms with van der Waals surface area (Å²) in [5.41, 5.74) is 7.00. The summed E-state index contributed by atoms with van der Waals surface area (Å²) in [4.78, 5) is 0. The Morgan fingerprint density at radius 2 is 2.19 bits per heavy atom. The molecule has 1 aromatic rings. The standard InChI is InChI=1S/C13H17ClFN/c1-8-10(3-5-13(8)16)6-9-2-4-11(14)12(15)7-9/h2,4,7-8,10,13H,3,5-6,16H2,1H3. The van der Waals surface area contributed by atoms with Crippen LogP contribution in [0, 0.1) is 17.7 Å². The molecule has 1 fully saturated rings. The highest BCUT2D eigenvalue weighted by atomic mass is 35.5. The fourth-order valence-corrected chi connectivity index (χ4v) is 2.66. The highest BCUT2D eigenvalue weighted by Crippen LogP contribution is 2.33. The van der Waals surface area contributed by atoms with Crippen molar-refractivity contribution >= 4 is 11.6 Å². The predicted octanol–water partition coefficient (Wildman–Crippen LogP) is 3.40. The second-order valence-corrected chi connectivity index (χ2v) is 5.22. The van der Waals surface area contributed by atoms with Crippen molar-refractivity contribution in [2.45, 2.75) is 32.2 Å². The van der Waals surface area contributed by atoms with Gasteiger partial charge < -0.3 is 5.73 Å². The molecule has 0 spiro atoms. The number of rotatable bonds is 2. The topological polar surface area (TPSA) is 26.0 Å². The number of benzene rings is 1. The zero-order chi connectivity index (χ0) is 11.7. The molecule has 1 aliphatic carbocycles. The van der Waals surface area contributed by atoms with Gasteiger partial charge in [0.2, 0.25) is 0 Å². The quantitative estimate of drug-likeness (QED) is 0.844. The van der Waals surface area contributed by atoms with E-state index in [4.69, 9.17) is 17.3 Å². The van der Waals surface area contributed by atoms with Gasteiger partial charge in [-0.3, -0.25) is 0 Å². The average molecular weight is 242 g/mol. The zero-order valence-electron chi connectivity index (χ0n) is 9.42. The average Bonchev–Trinajstić information content (AvgIpc) is 2.55. The Balaban J connectivity index is 2.07. The van der Waals surface area contributed by atoms with Crippen molar-refractivity contribution in [2.75, 3.05) is 0 Å². The van der Waals surface area contributed by atoms with Crippen LogP contribution in [-0.2, 0) is 6.42 Å². The number of hydrogen-bond donors (Lipinski definition) is 1. The summed E-state index contributed by atoms with van der Waals surface area (Å²) in [6.45, 7) is 2.19. The van der Waals surface area contributed by atoms with Gasteiger partial charge in [-0.15, -0.1) is 0 Å². The second-order valence-electron chi connectivity index (χ2n) is 4.81. The summed E-state index contributed by atoms with van der Waals surface area (Å²) < 4.78 is 13.3. The molecular formula is C13H17ClFN. The molecule has 1 aromatic carbocycles. The van der Waals surface area contributed by atoms with Gasteiger partial charge in [0, 0.05) is 6.04 Å². The molecule has 0 bridgehead atoms. The summed E-state index contributed by atoms with van der Waals surface area (Å²) in [5, 5.41) is 0.194. The van der Waals surface area contributed by atoms with Crippen molar-refractivity contribution in [3.05, 3.63) is 34.6 Å². The third-order valence-corrected chi connectivity index (χ3v) is 4.08. The molecular weight excluding hydrogens is 225 g/mol.